The Bertz CT molecular complexity index is 28.9. The Balaban J connectivity index is -0.0000000267. The van der Waals surface area contributed by atoms with Gasteiger partial charge in [0.1, 0.15) is 6.29 Å². The Morgan fingerprint density at radius 3 is 1.62 bits per heavy atom. The maximum absolute atomic E-state index is 9.24. The summed E-state index contributed by atoms with van der Waals surface area (Å²) in [6, 6.07) is 0. The second-order valence-electron chi connectivity index (χ2n) is 0.679. The Labute approximate surface area is 46.9 Å². The number of aliphatic hydroxyl groups is 1. The van der Waals surface area contributed by atoms with E-state index in [1.54, 1.807) is 0 Å². The number of carbonyl (C=O) groups excluding carboxylic acids is 1. The van der Waals surface area contributed by atoms with Crippen molar-refractivity contribution in [3.8, 4) is 0 Å². The summed E-state index contributed by atoms with van der Waals surface area (Å²) in [7, 11) is 0. The van der Waals surface area contributed by atoms with Crippen molar-refractivity contribution in [1.82, 2.24) is 0 Å². The summed E-state index contributed by atoms with van der Waals surface area (Å²) >= 11 is 0. The van der Waals surface area contributed by atoms with Gasteiger partial charge >= 0.3 is 0 Å². The van der Waals surface area contributed by atoms with Crippen LogP contribution in [0.25, 0.3) is 0 Å². The molecule has 5 nitrogen and oxygen atoms in total. The normalized spacial score (nSPS) is 4.62. The monoisotopic (exact) mass is 128 g/mol. The van der Waals surface area contributed by atoms with Crippen molar-refractivity contribution >= 4 is 6.29 Å². The SMILES string of the molecule is O.O.O.O=CCCO. The summed E-state index contributed by atoms with van der Waals surface area (Å²) in [5, 5.41) is 7.84. The molecule has 7 N–H and O–H groups in total. The zero-order valence-electron chi connectivity index (χ0n) is 4.35. The van der Waals surface area contributed by atoms with E-state index < -0.39 is 0 Å². The number of aliphatic hydroxyl groups excluding tert-OH is 1. The maximum atomic E-state index is 9.24. The third-order valence-electron chi connectivity index (χ3n) is 0.247. The van der Waals surface area contributed by atoms with Gasteiger partial charge in [0.25, 0.3) is 0 Å². The minimum atomic E-state index is -0.0243. The lowest BCUT2D eigenvalue weighted by Crippen LogP contribution is -1.78. The number of aldehydes is 1. The van der Waals surface area contributed by atoms with E-state index in [9.17, 15) is 4.79 Å². The number of rotatable bonds is 2. The molecule has 0 aromatic rings. The van der Waals surface area contributed by atoms with E-state index in [4.69, 9.17) is 5.11 Å². The van der Waals surface area contributed by atoms with E-state index in [2.05, 4.69) is 0 Å². The Morgan fingerprint density at radius 1 is 1.25 bits per heavy atom. The molecule has 0 fully saturated rings. The van der Waals surface area contributed by atoms with Crippen LogP contribution in [0.4, 0.5) is 0 Å². The third kappa shape index (κ3) is 49.2. The summed E-state index contributed by atoms with van der Waals surface area (Å²) in [5.41, 5.74) is 0. The van der Waals surface area contributed by atoms with E-state index in [0.29, 0.717) is 6.29 Å². The number of hydrogen-bond donors (Lipinski definition) is 1. The molecule has 5 heteroatoms. The quantitative estimate of drug-likeness (QED) is 0.399. The van der Waals surface area contributed by atoms with Gasteiger partial charge < -0.3 is 26.3 Å². The first-order valence-corrected chi connectivity index (χ1v) is 1.46. The molecule has 54 valence electrons. The maximum Gasteiger partial charge on any atom is 0.122 e. The van der Waals surface area contributed by atoms with Crippen LogP contribution in [-0.4, -0.2) is 34.4 Å². The van der Waals surface area contributed by atoms with E-state index >= 15 is 0 Å². The highest BCUT2D eigenvalue weighted by molar-refractivity contribution is 5.49. The highest BCUT2D eigenvalue weighted by atomic mass is 16.3. The Hall–Kier alpha value is -0.490. The van der Waals surface area contributed by atoms with Crippen LogP contribution < -0.4 is 0 Å². The van der Waals surface area contributed by atoms with Gasteiger partial charge in [-0.05, 0) is 0 Å². The smallest absolute Gasteiger partial charge is 0.122 e. The van der Waals surface area contributed by atoms with E-state index in [0.717, 1.165) is 0 Å². The molecule has 0 aromatic carbocycles. The van der Waals surface area contributed by atoms with Crippen LogP contribution >= 0.6 is 0 Å². The number of carbonyl (C=O) groups is 1. The predicted octanol–water partition coefficient (Wildman–Crippen LogP) is -2.91. The Morgan fingerprint density at radius 2 is 1.62 bits per heavy atom. The molecule has 0 heterocycles. The fourth-order valence-electron chi connectivity index (χ4n) is 0.0527. The van der Waals surface area contributed by atoms with Gasteiger partial charge in [-0.1, -0.05) is 0 Å². The molecule has 0 unspecified atom stereocenters. The predicted molar refractivity (Wildman–Crippen MR) is 28.6 cm³/mol. The number of hydrogen-bond acceptors (Lipinski definition) is 2. The van der Waals surface area contributed by atoms with Gasteiger partial charge in [-0.15, -0.1) is 0 Å². The molecular weight excluding hydrogens is 116 g/mol. The fourth-order valence-corrected chi connectivity index (χ4v) is 0.0527. The molecule has 0 aliphatic heterocycles. The highest BCUT2D eigenvalue weighted by Crippen LogP contribution is 1.58. The molecular formula is C3H12O5. The van der Waals surface area contributed by atoms with Crippen LogP contribution in [0.5, 0.6) is 0 Å². The second-order valence-corrected chi connectivity index (χ2v) is 0.679. The fraction of sp³-hybridized carbons (Fsp3) is 0.667. The molecule has 8 heavy (non-hydrogen) atoms. The molecule has 0 amide bonds. The van der Waals surface area contributed by atoms with Crippen molar-refractivity contribution in [2.75, 3.05) is 6.61 Å². The van der Waals surface area contributed by atoms with Gasteiger partial charge in [-0.2, -0.15) is 0 Å². The van der Waals surface area contributed by atoms with Crippen LogP contribution in [0.2, 0.25) is 0 Å². The summed E-state index contributed by atoms with van der Waals surface area (Å²) in [6.45, 7) is -0.0243. The molecule has 0 saturated heterocycles. The van der Waals surface area contributed by atoms with Crippen LogP contribution in [0.1, 0.15) is 6.42 Å². The lowest BCUT2D eigenvalue weighted by Gasteiger charge is -1.69. The van der Waals surface area contributed by atoms with Crippen molar-refractivity contribution in [2.45, 2.75) is 6.42 Å². The average Bonchev–Trinajstić information content (AvgIpc) is 1.41. The van der Waals surface area contributed by atoms with Gasteiger partial charge in [-0.25, -0.2) is 0 Å². The summed E-state index contributed by atoms with van der Waals surface area (Å²) in [5.74, 6) is 0. The topological polar surface area (TPSA) is 132 Å². The standard InChI is InChI=1S/C3H6O2.3H2O/c4-2-1-3-5;;;/h2,5H,1,3H2;3*1H2. The zero-order chi connectivity index (χ0) is 4.12. The van der Waals surface area contributed by atoms with Gasteiger partial charge in [0.05, 0.1) is 0 Å². The van der Waals surface area contributed by atoms with Gasteiger partial charge in [0, 0.05) is 13.0 Å². The molecule has 0 rings (SSSR count). The molecule has 0 radical (unpaired) electrons. The zero-order valence-corrected chi connectivity index (χ0v) is 4.35. The third-order valence-corrected chi connectivity index (χ3v) is 0.247. The largest absolute Gasteiger partial charge is 0.412 e. The van der Waals surface area contributed by atoms with E-state index in [1.807, 2.05) is 0 Å². The lowest BCUT2D eigenvalue weighted by atomic mass is 10.5. The van der Waals surface area contributed by atoms with E-state index in [1.165, 1.54) is 0 Å². The first kappa shape index (κ1) is 25.8. The Kier molecular flexibility index (Phi) is 101. The van der Waals surface area contributed by atoms with Crippen molar-refractivity contribution < 1.29 is 26.3 Å². The van der Waals surface area contributed by atoms with Crippen molar-refractivity contribution in [2.24, 2.45) is 0 Å². The summed E-state index contributed by atoms with van der Waals surface area (Å²) < 4.78 is 0. The molecule has 0 aromatic heterocycles. The summed E-state index contributed by atoms with van der Waals surface area (Å²) in [6.07, 6.45) is 0.944. The van der Waals surface area contributed by atoms with Crippen molar-refractivity contribution in [3.63, 3.8) is 0 Å². The highest BCUT2D eigenvalue weighted by Gasteiger charge is 1.67. The molecule has 0 atom stereocenters. The second kappa shape index (κ2) is 31.4. The molecule has 0 aliphatic carbocycles. The minimum Gasteiger partial charge on any atom is -0.412 e. The molecule has 0 aliphatic rings. The van der Waals surface area contributed by atoms with Gasteiger partial charge in [0.2, 0.25) is 0 Å². The van der Waals surface area contributed by atoms with Crippen LogP contribution in [0.15, 0.2) is 0 Å². The van der Waals surface area contributed by atoms with Crippen molar-refractivity contribution in [3.05, 3.63) is 0 Å². The van der Waals surface area contributed by atoms with Crippen LogP contribution in [-0.2, 0) is 4.79 Å². The van der Waals surface area contributed by atoms with Crippen LogP contribution in [0.3, 0.4) is 0 Å². The molecule has 0 spiro atoms. The van der Waals surface area contributed by atoms with E-state index in [-0.39, 0.29) is 29.5 Å². The van der Waals surface area contributed by atoms with Gasteiger partial charge in [0.15, 0.2) is 0 Å². The minimum absolute atomic E-state index is 0. The lowest BCUT2D eigenvalue weighted by molar-refractivity contribution is -0.108. The molecule has 0 saturated carbocycles. The van der Waals surface area contributed by atoms with Gasteiger partial charge in [-0.3, -0.25) is 0 Å². The summed E-state index contributed by atoms with van der Waals surface area (Å²) in [4.78, 5) is 9.24. The molecule has 0 bridgehead atoms. The van der Waals surface area contributed by atoms with Crippen molar-refractivity contribution in [1.29, 1.82) is 0 Å². The first-order chi connectivity index (χ1) is 2.41. The van der Waals surface area contributed by atoms with Crippen LogP contribution in [0, 0.1) is 0 Å². The first-order valence-electron chi connectivity index (χ1n) is 1.46. The average molecular weight is 128 g/mol.